The second-order valence-electron chi connectivity index (χ2n) is 4.04. The van der Waals surface area contributed by atoms with E-state index in [2.05, 4.69) is 33.3 Å². The minimum absolute atomic E-state index is 0. The topological polar surface area (TPSA) is 39.1 Å². The predicted octanol–water partition coefficient (Wildman–Crippen LogP) is 1.75. The molecule has 1 atom stereocenters. The van der Waals surface area contributed by atoms with Crippen LogP contribution in [0.25, 0.3) is 10.9 Å². The molecule has 2 aromatic rings. The molecule has 0 spiro atoms. The van der Waals surface area contributed by atoms with Crippen LogP contribution in [0.15, 0.2) is 24.3 Å². The molecule has 2 heterocycles. The fraction of sp³-hybridized carbons (Fsp3) is 0.417. The first-order valence-electron chi connectivity index (χ1n) is 5.62. The summed E-state index contributed by atoms with van der Waals surface area (Å²) in [6.45, 7) is 2.42. The fourth-order valence-electron chi connectivity index (χ4n) is 2.31. The highest BCUT2D eigenvalue weighted by molar-refractivity contribution is 5.85. The molecule has 1 unspecified atom stereocenters. The number of rotatable bonds is 2. The van der Waals surface area contributed by atoms with Crippen molar-refractivity contribution in [3.63, 3.8) is 0 Å². The van der Waals surface area contributed by atoms with Crippen molar-refractivity contribution in [3.05, 3.63) is 30.0 Å². The third-order valence-corrected chi connectivity index (χ3v) is 3.00. The van der Waals surface area contributed by atoms with Gasteiger partial charge in [-0.3, -0.25) is 4.68 Å². The number of halogens is 1. The molecule has 0 bridgehead atoms. The number of likely N-dealkylation sites (N-methyl/N-ethyl adjacent to an activating group) is 1. The normalized spacial score (nSPS) is 18.8. The van der Waals surface area contributed by atoms with Gasteiger partial charge < -0.3 is 10.1 Å². The molecule has 1 N–H and O–H groups in total. The van der Waals surface area contributed by atoms with Crippen LogP contribution in [-0.2, 0) is 11.3 Å². The lowest BCUT2D eigenvalue weighted by molar-refractivity contribution is 0.0195. The number of fused-ring (bicyclic) bond motifs is 3. The smallest absolute Gasteiger partial charge is 0.112 e. The zero-order valence-corrected chi connectivity index (χ0v) is 10.5. The lowest BCUT2D eigenvalue weighted by Crippen LogP contribution is -2.28. The minimum Gasteiger partial charge on any atom is -0.369 e. The second kappa shape index (κ2) is 5.04. The SMILES string of the molecule is CNCC1OCCn2nc3ccccc3c21.Cl. The van der Waals surface area contributed by atoms with Crippen LogP contribution in [0.4, 0.5) is 0 Å². The number of nitrogens with zero attached hydrogens (tertiary/aromatic N) is 2. The van der Waals surface area contributed by atoms with Gasteiger partial charge in [-0.1, -0.05) is 18.2 Å². The first-order chi connectivity index (χ1) is 7.90. The van der Waals surface area contributed by atoms with Crippen LogP contribution in [0, 0.1) is 0 Å². The first kappa shape index (κ1) is 12.4. The van der Waals surface area contributed by atoms with Gasteiger partial charge in [0.05, 0.1) is 24.4 Å². The lowest BCUT2D eigenvalue weighted by atomic mass is 10.1. The van der Waals surface area contributed by atoms with Gasteiger partial charge in [-0.25, -0.2) is 0 Å². The number of nitrogens with one attached hydrogen (secondary N) is 1. The molecular weight excluding hydrogens is 238 g/mol. The highest BCUT2D eigenvalue weighted by Gasteiger charge is 2.24. The number of benzene rings is 1. The zero-order chi connectivity index (χ0) is 11.0. The summed E-state index contributed by atoms with van der Waals surface area (Å²) in [4.78, 5) is 0. The Labute approximate surface area is 106 Å². The van der Waals surface area contributed by atoms with Gasteiger partial charge in [-0.15, -0.1) is 12.4 Å². The van der Waals surface area contributed by atoms with E-state index < -0.39 is 0 Å². The van der Waals surface area contributed by atoms with Crippen LogP contribution in [-0.4, -0.2) is 30.0 Å². The zero-order valence-electron chi connectivity index (χ0n) is 9.72. The fourth-order valence-corrected chi connectivity index (χ4v) is 2.31. The van der Waals surface area contributed by atoms with Crippen molar-refractivity contribution in [2.24, 2.45) is 0 Å². The Morgan fingerprint density at radius 3 is 3.12 bits per heavy atom. The molecule has 0 saturated heterocycles. The largest absolute Gasteiger partial charge is 0.369 e. The molecule has 5 heteroatoms. The van der Waals surface area contributed by atoms with E-state index in [-0.39, 0.29) is 18.5 Å². The third-order valence-electron chi connectivity index (χ3n) is 3.00. The van der Waals surface area contributed by atoms with Crippen LogP contribution in [0.3, 0.4) is 0 Å². The van der Waals surface area contributed by atoms with Crippen molar-refractivity contribution >= 4 is 23.3 Å². The maximum atomic E-state index is 5.79. The number of hydrogen-bond acceptors (Lipinski definition) is 3. The van der Waals surface area contributed by atoms with Gasteiger partial charge in [-0.2, -0.15) is 5.10 Å². The molecule has 0 fully saturated rings. The Morgan fingerprint density at radius 1 is 1.47 bits per heavy atom. The van der Waals surface area contributed by atoms with E-state index >= 15 is 0 Å². The van der Waals surface area contributed by atoms with E-state index in [1.54, 1.807) is 0 Å². The van der Waals surface area contributed by atoms with E-state index in [4.69, 9.17) is 4.74 Å². The minimum atomic E-state index is 0. The Kier molecular flexibility index (Phi) is 3.66. The van der Waals surface area contributed by atoms with Crippen LogP contribution in [0.2, 0.25) is 0 Å². The summed E-state index contributed by atoms with van der Waals surface area (Å²) in [7, 11) is 1.95. The van der Waals surface area contributed by atoms with E-state index in [1.807, 2.05) is 13.1 Å². The Bertz CT molecular complexity index is 511. The second-order valence-corrected chi connectivity index (χ2v) is 4.04. The molecule has 0 aliphatic carbocycles. The quantitative estimate of drug-likeness (QED) is 0.886. The van der Waals surface area contributed by atoms with E-state index in [0.717, 1.165) is 25.2 Å². The van der Waals surface area contributed by atoms with Gasteiger partial charge in [0.1, 0.15) is 6.10 Å². The molecule has 0 radical (unpaired) electrons. The van der Waals surface area contributed by atoms with Crippen molar-refractivity contribution in [2.75, 3.05) is 20.2 Å². The molecule has 1 aromatic carbocycles. The standard InChI is InChI=1S/C12H15N3O.ClH/c1-13-8-11-12-9-4-2-3-5-10(9)14-15(12)6-7-16-11;/h2-5,11,13H,6-8H2,1H3;1H. The summed E-state index contributed by atoms with van der Waals surface area (Å²) >= 11 is 0. The summed E-state index contributed by atoms with van der Waals surface area (Å²) in [6, 6.07) is 8.24. The van der Waals surface area contributed by atoms with E-state index in [9.17, 15) is 0 Å². The third kappa shape index (κ3) is 2.04. The van der Waals surface area contributed by atoms with Crippen molar-refractivity contribution in [3.8, 4) is 0 Å². The Balaban J connectivity index is 0.00000108. The van der Waals surface area contributed by atoms with Crippen molar-refractivity contribution in [1.29, 1.82) is 0 Å². The van der Waals surface area contributed by atoms with Gasteiger partial charge in [0.2, 0.25) is 0 Å². The molecule has 3 rings (SSSR count). The number of hydrogen-bond donors (Lipinski definition) is 1. The number of ether oxygens (including phenoxy) is 1. The summed E-state index contributed by atoms with van der Waals surface area (Å²) in [5.74, 6) is 0. The molecule has 0 saturated carbocycles. The van der Waals surface area contributed by atoms with Gasteiger partial charge in [0.25, 0.3) is 0 Å². The maximum Gasteiger partial charge on any atom is 0.112 e. The van der Waals surface area contributed by atoms with Gasteiger partial charge >= 0.3 is 0 Å². The van der Waals surface area contributed by atoms with Gasteiger partial charge in [0.15, 0.2) is 0 Å². The maximum absolute atomic E-state index is 5.79. The summed E-state index contributed by atoms with van der Waals surface area (Å²) in [5, 5.41) is 8.97. The molecule has 1 aromatic heterocycles. The van der Waals surface area contributed by atoms with Crippen LogP contribution in [0.5, 0.6) is 0 Å². The summed E-state index contributed by atoms with van der Waals surface area (Å²) < 4.78 is 7.87. The highest BCUT2D eigenvalue weighted by atomic mass is 35.5. The monoisotopic (exact) mass is 253 g/mol. The molecule has 92 valence electrons. The number of aromatic nitrogens is 2. The Morgan fingerprint density at radius 2 is 2.29 bits per heavy atom. The first-order valence-corrected chi connectivity index (χ1v) is 5.62. The summed E-state index contributed by atoms with van der Waals surface area (Å²) in [5.41, 5.74) is 2.26. The van der Waals surface area contributed by atoms with E-state index in [1.165, 1.54) is 11.1 Å². The molecule has 1 aliphatic rings. The lowest BCUT2D eigenvalue weighted by Gasteiger charge is -2.24. The Hall–Kier alpha value is -1.10. The molecule has 0 amide bonds. The summed E-state index contributed by atoms with van der Waals surface area (Å²) in [6.07, 6.45) is 0.117. The predicted molar refractivity (Wildman–Crippen MR) is 69.6 cm³/mol. The van der Waals surface area contributed by atoms with Crippen LogP contribution >= 0.6 is 12.4 Å². The molecule has 4 nitrogen and oxygen atoms in total. The van der Waals surface area contributed by atoms with Crippen molar-refractivity contribution in [1.82, 2.24) is 15.1 Å². The average molecular weight is 254 g/mol. The van der Waals surface area contributed by atoms with Crippen molar-refractivity contribution in [2.45, 2.75) is 12.6 Å². The highest BCUT2D eigenvalue weighted by Crippen LogP contribution is 2.28. The van der Waals surface area contributed by atoms with E-state index in [0.29, 0.717) is 0 Å². The van der Waals surface area contributed by atoms with Crippen LogP contribution in [0.1, 0.15) is 11.8 Å². The molecule has 17 heavy (non-hydrogen) atoms. The van der Waals surface area contributed by atoms with Crippen molar-refractivity contribution < 1.29 is 4.74 Å². The average Bonchev–Trinajstić information content (AvgIpc) is 2.68. The van der Waals surface area contributed by atoms with Gasteiger partial charge in [0, 0.05) is 11.9 Å². The molecular formula is C12H16ClN3O. The molecule has 1 aliphatic heterocycles. The van der Waals surface area contributed by atoms with Crippen LogP contribution < -0.4 is 5.32 Å². The van der Waals surface area contributed by atoms with Gasteiger partial charge in [-0.05, 0) is 13.1 Å².